The molecule has 2 heterocycles. The van der Waals surface area contributed by atoms with Crippen LogP contribution in [0.5, 0.6) is 11.5 Å². The molecule has 0 bridgehead atoms. The van der Waals surface area contributed by atoms with Gasteiger partial charge < -0.3 is 14.2 Å². The van der Waals surface area contributed by atoms with Gasteiger partial charge in [-0.2, -0.15) is 0 Å². The lowest BCUT2D eigenvalue weighted by Gasteiger charge is -2.26. The summed E-state index contributed by atoms with van der Waals surface area (Å²) in [6, 6.07) is 88.4. The highest BCUT2D eigenvalue weighted by molar-refractivity contribution is 6.15. The van der Waals surface area contributed by atoms with Crippen LogP contribution in [-0.2, 0) is 0 Å². The van der Waals surface area contributed by atoms with Gasteiger partial charge in [0.2, 0.25) is 0 Å². The molecule has 12 aromatic carbocycles. The first-order chi connectivity index (χ1) is 33.2. The van der Waals surface area contributed by atoms with Crippen LogP contribution in [0.3, 0.4) is 0 Å². The summed E-state index contributed by atoms with van der Waals surface area (Å²) in [7, 11) is 0. The molecule has 0 spiro atoms. The molecule has 0 N–H and O–H groups in total. The number of aromatic nitrogens is 1. The summed E-state index contributed by atoms with van der Waals surface area (Å²) in [5, 5.41) is 12.5. The average Bonchev–Trinajstić information content (AvgIpc) is 3.74. The Labute approximate surface area is 387 Å². The van der Waals surface area contributed by atoms with Crippen LogP contribution in [0.15, 0.2) is 243 Å². The van der Waals surface area contributed by atoms with E-state index in [1.54, 1.807) is 0 Å². The van der Waals surface area contributed by atoms with Crippen molar-refractivity contribution in [3.63, 3.8) is 0 Å². The zero-order valence-corrected chi connectivity index (χ0v) is 36.4. The highest BCUT2D eigenvalue weighted by atomic mass is 16.5. The van der Waals surface area contributed by atoms with E-state index in [4.69, 9.17) is 4.74 Å². The van der Waals surface area contributed by atoms with Crippen LogP contribution in [0.4, 0.5) is 17.1 Å². The third-order valence-electron chi connectivity index (χ3n) is 14.0. The van der Waals surface area contributed by atoms with Gasteiger partial charge in [0, 0.05) is 27.8 Å². The van der Waals surface area contributed by atoms with Crippen molar-refractivity contribution in [2.24, 2.45) is 0 Å². The lowest BCUT2D eigenvalue weighted by molar-refractivity contribution is 0.476. The molecule has 0 aliphatic carbocycles. The number of anilines is 3. The molecule has 0 saturated carbocycles. The van der Waals surface area contributed by atoms with Gasteiger partial charge in [0.05, 0.1) is 16.7 Å². The Hall–Kier alpha value is -8.92. The summed E-state index contributed by atoms with van der Waals surface area (Å²) >= 11 is 0. The largest absolute Gasteiger partial charge is 0.453 e. The van der Waals surface area contributed by atoms with E-state index >= 15 is 0 Å². The van der Waals surface area contributed by atoms with Gasteiger partial charge >= 0.3 is 0 Å². The summed E-state index contributed by atoms with van der Waals surface area (Å²) in [6.45, 7) is 0. The van der Waals surface area contributed by atoms with Crippen LogP contribution in [0.25, 0.3) is 104 Å². The second-order valence-electron chi connectivity index (χ2n) is 17.6. The van der Waals surface area contributed by atoms with E-state index < -0.39 is 0 Å². The molecular formula is C64H40N2O. The van der Waals surface area contributed by atoms with Gasteiger partial charge in [0.15, 0.2) is 11.5 Å². The molecule has 0 saturated heterocycles. The second-order valence-corrected chi connectivity index (χ2v) is 17.6. The standard InChI is InChI=1S/C64H40N2O/c1-3-15-50-41(11-1)29-36-56-52(17-8-19-54(50)56)43-25-32-47(33-26-43)65(48-34-27-44(28-35-48)53-18-9-20-55-51-16-4-2-12-42(51)30-37-57(53)55)49-14-7-13-45(39-49)46-31-38-60-59(40-46)58-21-10-24-63-64(58)66(60)61-22-5-6-23-62(61)67-63/h1-40H. The van der Waals surface area contributed by atoms with Crippen molar-refractivity contribution in [2.75, 3.05) is 4.90 Å². The highest BCUT2D eigenvalue weighted by Gasteiger charge is 2.24. The normalized spacial score (nSPS) is 12.0. The van der Waals surface area contributed by atoms with Crippen LogP contribution in [0.2, 0.25) is 0 Å². The van der Waals surface area contributed by atoms with Gasteiger partial charge in [-0.15, -0.1) is 0 Å². The molecule has 312 valence electrons. The third-order valence-corrected chi connectivity index (χ3v) is 14.0. The molecule has 0 radical (unpaired) electrons. The van der Waals surface area contributed by atoms with Crippen molar-refractivity contribution in [1.82, 2.24) is 4.57 Å². The number of fused-ring (bicyclic) bond motifs is 11. The summed E-state index contributed by atoms with van der Waals surface area (Å²) in [5.74, 6) is 1.75. The van der Waals surface area contributed by atoms with Gasteiger partial charge in [-0.1, -0.05) is 176 Å². The zero-order chi connectivity index (χ0) is 44.0. The second kappa shape index (κ2) is 14.8. The molecular weight excluding hydrogens is 813 g/mol. The molecule has 3 heteroatoms. The topological polar surface area (TPSA) is 17.4 Å². The fourth-order valence-electron chi connectivity index (χ4n) is 10.8. The molecule has 3 nitrogen and oxygen atoms in total. The van der Waals surface area contributed by atoms with E-state index in [1.165, 1.54) is 81.6 Å². The summed E-state index contributed by atoms with van der Waals surface area (Å²) in [5.41, 5.74) is 13.7. The predicted molar refractivity (Wildman–Crippen MR) is 282 cm³/mol. The fraction of sp³-hybridized carbons (Fsp3) is 0. The van der Waals surface area contributed by atoms with Gasteiger partial charge in [0.25, 0.3) is 0 Å². The van der Waals surface area contributed by atoms with Crippen LogP contribution in [-0.4, -0.2) is 4.57 Å². The minimum Gasteiger partial charge on any atom is -0.453 e. The zero-order valence-electron chi connectivity index (χ0n) is 36.4. The number of para-hydroxylation sites is 3. The highest BCUT2D eigenvalue weighted by Crippen LogP contribution is 2.47. The van der Waals surface area contributed by atoms with Crippen molar-refractivity contribution in [1.29, 1.82) is 0 Å². The van der Waals surface area contributed by atoms with Crippen molar-refractivity contribution < 1.29 is 4.74 Å². The van der Waals surface area contributed by atoms with Crippen LogP contribution >= 0.6 is 0 Å². The van der Waals surface area contributed by atoms with Crippen molar-refractivity contribution in [3.8, 4) is 50.6 Å². The molecule has 13 aromatic rings. The predicted octanol–water partition coefficient (Wildman–Crippen LogP) is 18.0. The third kappa shape index (κ3) is 5.92. The molecule has 0 amide bonds. The fourth-order valence-corrected chi connectivity index (χ4v) is 10.8. The Morgan fingerprint density at radius 2 is 0.821 bits per heavy atom. The van der Waals surface area contributed by atoms with E-state index in [9.17, 15) is 0 Å². The molecule has 1 aliphatic heterocycles. The van der Waals surface area contributed by atoms with Crippen molar-refractivity contribution in [2.45, 2.75) is 0 Å². The number of benzene rings is 12. The van der Waals surface area contributed by atoms with Gasteiger partial charge in [-0.25, -0.2) is 0 Å². The SMILES string of the molecule is c1cc(-c2ccc3c(c2)c2cccc4c2n3-c2ccccc2O4)cc(N(c2ccc(-c3cccc4c3ccc3ccccc34)cc2)c2ccc(-c3cccc4c3ccc3ccccc34)cc2)c1. The van der Waals surface area contributed by atoms with E-state index in [0.717, 1.165) is 50.9 Å². The maximum atomic E-state index is 6.43. The van der Waals surface area contributed by atoms with Gasteiger partial charge in [-0.3, -0.25) is 0 Å². The summed E-state index contributed by atoms with van der Waals surface area (Å²) in [6.07, 6.45) is 0. The minimum absolute atomic E-state index is 0.870. The van der Waals surface area contributed by atoms with Crippen molar-refractivity contribution >= 4 is 82.0 Å². The molecule has 1 aliphatic rings. The maximum Gasteiger partial charge on any atom is 0.152 e. The Kier molecular flexibility index (Phi) is 8.28. The maximum absolute atomic E-state index is 6.43. The lowest BCUT2D eigenvalue weighted by Crippen LogP contribution is -2.10. The first kappa shape index (κ1) is 37.5. The monoisotopic (exact) mass is 852 g/mol. The van der Waals surface area contributed by atoms with Gasteiger partial charge in [-0.05, 0) is 143 Å². The molecule has 1 aromatic heterocycles. The smallest absolute Gasteiger partial charge is 0.152 e. The summed E-state index contributed by atoms with van der Waals surface area (Å²) in [4.78, 5) is 2.39. The molecule has 14 rings (SSSR count). The Morgan fingerprint density at radius 1 is 0.299 bits per heavy atom. The summed E-state index contributed by atoms with van der Waals surface area (Å²) < 4.78 is 8.78. The Morgan fingerprint density at radius 3 is 1.49 bits per heavy atom. The van der Waals surface area contributed by atoms with Crippen LogP contribution in [0, 0.1) is 0 Å². The number of nitrogens with zero attached hydrogens (tertiary/aromatic N) is 2. The quantitative estimate of drug-likeness (QED) is 0.155. The van der Waals surface area contributed by atoms with Crippen LogP contribution < -0.4 is 9.64 Å². The van der Waals surface area contributed by atoms with E-state index in [-0.39, 0.29) is 0 Å². The van der Waals surface area contributed by atoms with E-state index in [1.807, 2.05) is 12.1 Å². The van der Waals surface area contributed by atoms with E-state index in [2.05, 4.69) is 240 Å². The number of hydrogen-bond acceptors (Lipinski definition) is 2. The molecule has 0 atom stereocenters. The number of hydrogen-bond donors (Lipinski definition) is 0. The Balaban J connectivity index is 0.893. The minimum atomic E-state index is 0.870. The number of ether oxygens (including phenoxy) is 1. The van der Waals surface area contributed by atoms with Gasteiger partial charge in [0.1, 0.15) is 0 Å². The molecule has 0 unspecified atom stereocenters. The van der Waals surface area contributed by atoms with Crippen LogP contribution in [0.1, 0.15) is 0 Å². The first-order valence-corrected chi connectivity index (χ1v) is 23.0. The Bertz CT molecular complexity index is 3960. The first-order valence-electron chi connectivity index (χ1n) is 23.0. The van der Waals surface area contributed by atoms with E-state index in [0.29, 0.717) is 0 Å². The average molecular weight is 853 g/mol. The van der Waals surface area contributed by atoms with Crippen molar-refractivity contribution in [3.05, 3.63) is 243 Å². The lowest BCUT2D eigenvalue weighted by atomic mass is 9.94. The number of rotatable bonds is 6. The molecule has 67 heavy (non-hydrogen) atoms. The molecule has 0 fully saturated rings.